The van der Waals surface area contributed by atoms with E-state index in [2.05, 4.69) is 21.2 Å². The first-order valence-electron chi connectivity index (χ1n) is 6.39. The summed E-state index contributed by atoms with van der Waals surface area (Å²) < 4.78 is 1.04. The molecule has 2 aromatic rings. The Balaban J connectivity index is 1.91. The molecule has 20 heavy (non-hydrogen) atoms. The van der Waals surface area contributed by atoms with E-state index in [4.69, 9.17) is 5.73 Å². The van der Waals surface area contributed by atoms with E-state index in [1.807, 2.05) is 48.7 Å². The van der Waals surface area contributed by atoms with Crippen molar-refractivity contribution in [1.29, 1.82) is 0 Å². The fraction of sp³-hybridized carbons (Fsp3) is 0.267. The van der Waals surface area contributed by atoms with Crippen LogP contribution in [0, 0.1) is 5.92 Å². The molecule has 106 valence electrons. The van der Waals surface area contributed by atoms with Crippen LogP contribution in [0.15, 0.2) is 46.3 Å². The van der Waals surface area contributed by atoms with Crippen LogP contribution in [0.3, 0.4) is 0 Å². The predicted molar refractivity (Wildman–Crippen MR) is 86.4 cm³/mol. The normalized spacial score (nSPS) is 13.8. The monoisotopic (exact) mass is 352 g/mol. The van der Waals surface area contributed by atoms with Gasteiger partial charge >= 0.3 is 0 Å². The molecule has 1 aromatic carbocycles. The predicted octanol–water partition coefficient (Wildman–Crippen LogP) is 3.46. The minimum absolute atomic E-state index is 0.0223. The molecule has 1 aromatic heterocycles. The summed E-state index contributed by atoms with van der Waals surface area (Å²) in [5.41, 5.74) is 7.13. The van der Waals surface area contributed by atoms with Crippen molar-refractivity contribution in [2.45, 2.75) is 19.5 Å². The van der Waals surface area contributed by atoms with Gasteiger partial charge in [0.25, 0.3) is 0 Å². The summed E-state index contributed by atoms with van der Waals surface area (Å²) in [7, 11) is 0. The lowest BCUT2D eigenvalue weighted by Gasteiger charge is -2.19. The largest absolute Gasteiger partial charge is 0.351 e. The second-order valence-electron chi connectivity index (χ2n) is 4.67. The first-order valence-corrected chi connectivity index (χ1v) is 8.06. The molecule has 0 bridgehead atoms. The highest BCUT2D eigenvalue weighted by Gasteiger charge is 2.21. The average molecular weight is 353 g/mol. The molecule has 0 aliphatic rings. The highest BCUT2D eigenvalue weighted by molar-refractivity contribution is 9.10. The van der Waals surface area contributed by atoms with Gasteiger partial charge < -0.3 is 11.1 Å². The molecule has 2 atom stereocenters. The van der Waals surface area contributed by atoms with Gasteiger partial charge in [0.15, 0.2) is 0 Å². The molecule has 0 aliphatic heterocycles. The summed E-state index contributed by atoms with van der Waals surface area (Å²) in [4.78, 5) is 13.3. The molecular weight excluding hydrogens is 336 g/mol. The highest BCUT2D eigenvalue weighted by atomic mass is 79.9. The van der Waals surface area contributed by atoms with Crippen molar-refractivity contribution >= 4 is 33.2 Å². The Bertz CT molecular complexity index is 570. The standard InChI is InChI=1S/C15H17BrN2OS/c1-10(14(17)11-5-3-2-4-6-11)15(19)18-8-13-7-12(16)9-20-13/h2-7,9-10,14H,8,17H2,1H3,(H,18,19). The van der Waals surface area contributed by atoms with Gasteiger partial charge in [0.2, 0.25) is 5.91 Å². The van der Waals surface area contributed by atoms with Crippen molar-refractivity contribution in [2.75, 3.05) is 0 Å². The molecular formula is C15H17BrN2OS. The molecule has 0 radical (unpaired) electrons. The molecule has 3 N–H and O–H groups in total. The fourth-order valence-corrected chi connectivity index (χ4v) is 3.30. The van der Waals surface area contributed by atoms with Gasteiger partial charge in [-0.2, -0.15) is 0 Å². The summed E-state index contributed by atoms with van der Waals surface area (Å²) in [6.07, 6.45) is 0. The topological polar surface area (TPSA) is 55.1 Å². The molecule has 3 nitrogen and oxygen atoms in total. The molecule has 0 saturated carbocycles. The Morgan fingerprint density at radius 1 is 1.40 bits per heavy atom. The van der Waals surface area contributed by atoms with E-state index < -0.39 is 0 Å². The maximum absolute atomic E-state index is 12.1. The number of amides is 1. The Morgan fingerprint density at radius 3 is 2.70 bits per heavy atom. The van der Waals surface area contributed by atoms with Crippen LogP contribution in [0.4, 0.5) is 0 Å². The molecule has 0 spiro atoms. The van der Waals surface area contributed by atoms with Crippen LogP contribution in [-0.4, -0.2) is 5.91 Å². The zero-order valence-electron chi connectivity index (χ0n) is 11.2. The van der Waals surface area contributed by atoms with Crippen LogP contribution in [0.5, 0.6) is 0 Å². The molecule has 2 rings (SSSR count). The number of nitrogens with one attached hydrogen (secondary N) is 1. The third-order valence-corrected chi connectivity index (χ3v) is 4.89. The Kier molecular flexibility index (Phi) is 5.34. The number of benzene rings is 1. The molecule has 1 amide bonds. The lowest BCUT2D eigenvalue weighted by atomic mass is 9.95. The smallest absolute Gasteiger partial charge is 0.225 e. The third kappa shape index (κ3) is 3.91. The van der Waals surface area contributed by atoms with Crippen LogP contribution in [0.2, 0.25) is 0 Å². The van der Waals surface area contributed by atoms with Crippen LogP contribution in [0.25, 0.3) is 0 Å². The number of thiophene rings is 1. The van der Waals surface area contributed by atoms with Gasteiger partial charge in [0.1, 0.15) is 0 Å². The summed E-state index contributed by atoms with van der Waals surface area (Å²) >= 11 is 5.01. The number of rotatable bonds is 5. The number of hydrogen-bond donors (Lipinski definition) is 2. The summed E-state index contributed by atoms with van der Waals surface area (Å²) in [5, 5.41) is 4.93. The van der Waals surface area contributed by atoms with Crippen LogP contribution in [0.1, 0.15) is 23.4 Å². The average Bonchev–Trinajstić information content (AvgIpc) is 2.89. The van der Waals surface area contributed by atoms with E-state index in [0.29, 0.717) is 6.54 Å². The van der Waals surface area contributed by atoms with Crippen LogP contribution >= 0.6 is 27.3 Å². The van der Waals surface area contributed by atoms with Crippen molar-refractivity contribution in [3.8, 4) is 0 Å². The lowest BCUT2D eigenvalue weighted by molar-refractivity contribution is -0.125. The molecule has 1 heterocycles. The molecule has 0 saturated heterocycles. The SMILES string of the molecule is CC(C(=O)NCc1cc(Br)cs1)C(N)c1ccccc1. The van der Waals surface area contributed by atoms with E-state index >= 15 is 0 Å². The van der Waals surface area contributed by atoms with Crippen molar-refractivity contribution in [1.82, 2.24) is 5.32 Å². The summed E-state index contributed by atoms with van der Waals surface area (Å²) in [6, 6.07) is 11.4. The second-order valence-corrected chi connectivity index (χ2v) is 6.59. The van der Waals surface area contributed by atoms with E-state index in [1.165, 1.54) is 0 Å². The first kappa shape index (κ1) is 15.2. The zero-order valence-corrected chi connectivity index (χ0v) is 13.6. The fourth-order valence-electron chi connectivity index (χ4n) is 1.91. The van der Waals surface area contributed by atoms with Crippen molar-refractivity contribution in [2.24, 2.45) is 11.7 Å². The Labute approximate surface area is 131 Å². The Hall–Kier alpha value is -1.17. The number of carbonyl (C=O) groups excluding carboxylic acids is 1. The van der Waals surface area contributed by atoms with Gasteiger partial charge in [0.05, 0.1) is 12.5 Å². The first-order chi connectivity index (χ1) is 9.58. The zero-order chi connectivity index (χ0) is 14.5. The highest BCUT2D eigenvalue weighted by Crippen LogP contribution is 2.21. The number of hydrogen-bond acceptors (Lipinski definition) is 3. The van der Waals surface area contributed by atoms with Crippen molar-refractivity contribution in [3.05, 3.63) is 56.7 Å². The molecule has 5 heteroatoms. The van der Waals surface area contributed by atoms with Gasteiger partial charge in [-0.05, 0) is 27.6 Å². The van der Waals surface area contributed by atoms with E-state index in [0.717, 1.165) is 14.9 Å². The van der Waals surface area contributed by atoms with Crippen molar-refractivity contribution < 1.29 is 4.79 Å². The summed E-state index contributed by atoms with van der Waals surface area (Å²) in [5.74, 6) is -0.285. The van der Waals surface area contributed by atoms with E-state index in [-0.39, 0.29) is 17.9 Å². The van der Waals surface area contributed by atoms with Gasteiger partial charge in [0, 0.05) is 20.8 Å². The maximum Gasteiger partial charge on any atom is 0.225 e. The number of nitrogens with two attached hydrogens (primary N) is 1. The minimum atomic E-state index is -0.286. The van der Waals surface area contributed by atoms with E-state index in [1.54, 1.807) is 11.3 Å². The second kappa shape index (κ2) is 7.02. The minimum Gasteiger partial charge on any atom is -0.351 e. The third-order valence-electron chi connectivity index (χ3n) is 3.20. The number of halogens is 1. The van der Waals surface area contributed by atoms with Gasteiger partial charge in [-0.3, -0.25) is 4.79 Å². The lowest BCUT2D eigenvalue weighted by Crippen LogP contribution is -2.35. The maximum atomic E-state index is 12.1. The van der Waals surface area contributed by atoms with Crippen LogP contribution < -0.4 is 11.1 Å². The van der Waals surface area contributed by atoms with Gasteiger partial charge in [-0.15, -0.1) is 11.3 Å². The van der Waals surface area contributed by atoms with Crippen LogP contribution in [-0.2, 0) is 11.3 Å². The quantitative estimate of drug-likeness (QED) is 0.865. The van der Waals surface area contributed by atoms with Crippen molar-refractivity contribution in [3.63, 3.8) is 0 Å². The summed E-state index contributed by atoms with van der Waals surface area (Å²) in [6.45, 7) is 2.40. The molecule has 0 fully saturated rings. The molecule has 2 unspecified atom stereocenters. The molecule has 0 aliphatic carbocycles. The number of carbonyl (C=O) groups is 1. The Morgan fingerprint density at radius 2 is 2.10 bits per heavy atom. The van der Waals surface area contributed by atoms with Gasteiger partial charge in [-0.1, -0.05) is 37.3 Å². The van der Waals surface area contributed by atoms with E-state index in [9.17, 15) is 4.79 Å². The van der Waals surface area contributed by atoms with Gasteiger partial charge in [-0.25, -0.2) is 0 Å².